The van der Waals surface area contributed by atoms with Crippen molar-refractivity contribution in [3.63, 3.8) is 0 Å². The van der Waals surface area contributed by atoms with E-state index in [2.05, 4.69) is 10.5 Å². The van der Waals surface area contributed by atoms with Crippen LogP contribution < -0.4 is 5.43 Å². The smallest absolute Gasteiger partial charge is 0.356 e. The predicted molar refractivity (Wildman–Crippen MR) is 92.9 cm³/mol. The maximum atomic E-state index is 12.0. The number of rotatable bonds is 4. The van der Waals surface area contributed by atoms with E-state index in [0.29, 0.717) is 11.1 Å². The molecule has 0 saturated carbocycles. The van der Waals surface area contributed by atoms with Crippen LogP contribution >= 0.6 is 0 Å². The van der Waals surface area contributed by atoms with Crippen LogP contribution in [0.4, 0.5) is 5.69 Å². The van der Waals surface area contributed by atoms with Crippen molar-refractivity contribution in [3.05, 3.63) is 51.2 Å². The number of carbonyl (C=O) groups excluding carboxylic acids is 2. The van der Waals surface area contributed by atoms with Crippen LogP contribution in [0.1, 0.15) is 11.9 Å². The Morgan fingerprint density at radius 2 is 1.86 bits per heavy atom. The summed E-state index contributed by atoms with van der Waals surface area (Å²) in [6.07, 6.45) is -0.850. The summed E-state index contributed by atoms with van der Waals surface area (Å²) in [5, 5.41) is 14.7. The van der Waals surface area contributed by atoms with Crippen LogP contribution in [0.3, 0.4) is 0 Å². The minimum Gasteiger partial charge on any atom is -0.464 e. The highest BCUT2D eigenvalue weighted by molar-refractivity contribution is 6.38. The predicted octanol–water partition coefficient (Wildman–Crippen LogP) is 0.816. The molecule has 1 fully saturated rings. The van der Waals surface area contributed by atoms with Crippen molar-refractivity contribution in [2.45, 2.75) is 6.29 Å². The van der Waals surface area contributed by atoms with Crippen LogP contribution in [0.25, 0.3) is 0 Å². The van der Waals surface area contributed by atoms with Gasteiger partial charge in [-0.2, -0.15) is 5.10 Å². The maximum absolute atomic E-state index is 12.0. The van der Waals surface area contributed by atoms with Gasteiger partial charge >= 0.3 is 11.9 Å². The van der Waals surface area contributed by atoms with Gasteiger partial charge < -0.3 is 18.9 Å². The molecule has 1 saturated heterocycles. The number of non-ortho nitro benzene ring substituents is 1. The first kappa shape index (κ1) is 19.5. The van der Waals surface area contributed by atoms with Crippen LogP contribution in [0.15, 0.2) is 40.6 Å². The molecule has 1 aromatic rings. The number of nitro groups is 1. The fourth-order valence-corrected chi connectivity index (χ4v) is 2.87. The second kappa shape index (κ2) is 8.15. The van der Waals surface area contributed by atoms with Crippen molar-refractivity contribution in [3.8, 4) is 0 Å². The number of benzene rings is 1. The number of nitrogens with one attached hydrogen (secondary N) is 1. The molecule has 1 aromatic carbocycles. The van der Waals surface area contributed by atoms with E-state index < -0.39 is 29.1 Å². The first-order valence-corrected chi connectivity index (χ1v) is 8.17. The lowest BCUT2D eigenvalue weighted by atomic mass is 9.92. The monoisotopic (exact) mass is 391 g/mol. The number of methoxy groups -OCH3 is 2. The van der Waals surface area contributed by atoms with Gasteiger partial charge in [0.2, 0.25) is 0 Å². The Balaban J connectivity index is 1.89. The number of nitro benzene ring substituents is 1. The topological polar surface area (TPSA) is 139 Å². The molecule has 1 N–H and O–H groups in total. The Morgan fingerprint density at radius 3 is 2.46 bits per heavy atom. The lowest BCUT2D eigenvalue weighted by Gasteiger charge is -2.24. The summed E-state index contributed by atoms with van der Waals surface area (Å²) in [4.78, 5) is 34.4. The van der Waals surface area contributed by atoms with Crippen molar-refractivity contribution in [2.24, 2.45) is 11.0 Å². The first-order chi connectivity index (χ1) is 13.5. The number of hydrazone groups is 1. The molecule has 0 unspecified atom stereocenters. The number of hydrogen-bond donors (Lipinski definition) is 1. The maximum Gasteiger partial charge on any atom is 0.356 e. The Labute approximate surface area is 159 Å². The molecular formula is C17H17N3O8. The van der Waals surface area contributed by atoms with Crippen LogP contribution in [-0.2, 0) is 28.5 Å². The van der Waals surface area contributed by atoms with E-state index >= 15 is 0 Å². The summed E-state index contributed by atoms with van der Waals surface area (Å²) in [6.45, 7) is -0.0765. The van der Waals surface area contributed by atoms with E-state index in [1.54, 1.807) is 0 Å². The van der Waals surface area contributed by atoms with Crippen molar-refractivity contribution in [2.75, 3.05) is 27.4 Å². The standard InChI is InChI=1S/C17H17N3O8/c1-25-15(21)13-11-7-27-17(9-3-5-10(6-4-9)20(23)24)28-8-12(11)14(19-18-13)16(22)26-2/h3-6,11,17,19H,7-8H2,1-2H3/t11-,17+/m1/s1. The quantitative estimate of drug-likeness (QED) is 0.449. The second-order valence-electron chi connectivity index (χ2n) is 5.87. The van der Waals surface area contributed by atoms with Crippen molar-refractivity contribution < 1.29 is 33.5 Å². The van der Waals surface area contributed by atoms with E-state index in [9.17, 15) is 19.7 Å². The molecule has 0 bridgehead atoms. The van der Waals surface area contributed by atoms with Gasteiger partial charge in [0.1, 0.15) is 5.70 Å². The van der Waals surface area contributed by atoms with Crippen molar-refractivity contribution in [1.29, 1.82) is 0 Å². The molecule has 2 atom stereocenters. The lowest BCUT2D eigenvalue weighted by Crippen LogP contribution is -2.39. The van der Waals surface area contributed by atoms with Gasteiger partial charge in [-0.15, -0.1) is 0 Å². The van der Waals surface area contributed by atoms with E-state index in [0.717, 1.165) is 0 Å². The molecule has 28 heavy (non-hydrogen) atoms. The van der Waals surface area contributed by atoms with Gasteiger partial charge in [-0.25, -0.2) is 9.59 Å². The largest absolute Gasteiger partial charge is 0.464 e. The molecule has 0 radical (unpaired) electrons. The van der Waals surface area contributed by atoms with Crippen LogP contribution in [-0.4, -0.2) is 50.0 Å². The Bertz CT molecular complexity index is 862. The first-order valence-electron chi connectivity index (χ1n) is 8.17. The molecule has 0 aromatic heterocycles. The molecule has 2 aliphatic rings. The van der Waals surface area contributed by atoms with Crippen LogP contribution in [0, 0.1) is 16.0 Å². The van der Waals surface area contributed by atoms with Crippen LogP contribution in [0.2, 0.25) is 0 Å². The summed E-state index contributed by atoms with van der Waals surface area (Å²) in [6, 6.07) is 5.70. The fraction of sp³-hybridized carbons (Fsp3) is 0.353. The van der Waals surface area contributed by atoms with Gasteiger partial charge in [-0.3, -0.25) is 15.5 Å². The highest BCUT2D eigenvalue weighted by Crippen LogP contribution is 2.32. The normalized spacial score (nSPS) is 21.6. The molecular weight excluding hydrogens is 374 g/mol. The molecule has 148 valence electrons. The third-order valence-corrected chi connectivity index (χ3v) is 4.32. The van der Waals surface area contributed by atoms with Gasteiger partial charge in [0.15, 0.2) is 12.0 Å². The zero-order valence-corrected chi connectivity index (χ0v) is 15.0. The van der Waals surface area contributed by atoms with Crippen molar-refractivity contribution in [1.82, 2.24) is 5.43 Å². The van der Waals surface area contributed by atoms with E-state index in [-0.39, 0.29) is 30.3 Å². The molecule has 11 heteroatoms. The number of nitrogens with zero attached hydrogens (tertiary/aromatic N) is 2. The third-order valence-electron chi connectivity index (χ3n) is 4.32. The molecule has 2 aliphatic heterocycles. The van der Waals surface area contributed by atoms with Crippen molar-refractivity contribution >= 4 is 23.3 Å². The number of hydrogen-bond acceptors (Lipinski definition) is 10. The minimum atomic E-state index is -0.850. The number of esters is 2. The highest BCUT2D eigenvalue weighted by Gasteiger charge is 2.38. The average molecular weight is 391 g/mol. The number of fused-ring (bicyclic) bond motifs is 1. The van der Waals surface area contributed by atoms with Gasteiger partial charge in [0, 0.05) is 17.7 Å². The fourth-order valence-electron chi connectivity index (χ4n) is 2.87. The second-order valence-corrected chi connectivity index (χ2v) is 5.87. The summed E-state index contributed by atoms with van der Waals surface area (Å²) in [5.74, 6) is -2.01. The molecule has 2 heterocycles. The highest BCUT2D eigenvalue weighted by atomic mass is 16.7. The lowest BCUT2D eigenvalue weighted by molar-refractivity contribution is -0.384. The van der Waals surface area contributed by atoms with Gasteiger partial charge in [0.05, 0.1) is 38.3 Å². The molecule has 0 aliphatic carbocycles. The minimum absolute atomic E-state index is 0.0207. The Kier molecular flexibility index (Phi) is 5.66. The SMILES string of the molecule is COC(=O)C1=NNC(C(=O)OC)=C2CO[C@@H](c3ccc([N+](=O)[O-])cc3)OC[C@@H]12. The summed E-state index contributed by atoms with van der Waals surface area (Å²) >= 11 is 0. The Morgan fingerprint density at radius 1 is 1.18 bits per heavy atom. The summed E-state index contributed by atoms with van der Waals surface area (Å²) in [7, 11) is 2.44. The summed E-state index contributed by atoms with van der Waals surface area (Å²) < 4.78 is 21.0. The van der Waals surface area contributed by atoms with Crippen LogP contribution in [0.5, 0.6) is 0 Å². The number of ether oxygens (including phenoxy) is 4. The van der Waals surface area contributed by atoms with Gasteiger partial charge in [-0.1, -0.05) is 0 Å². The van der Waals surface area contributed by atoms with E-state index in [4.69, 9.17) is 18.9 Å². The third kappa shape index (κ3) is 3.70. The molecule has 0 spiro atoms. The molecule has 0 amide bonds. The number of carbonyl (C=O) groups is 2. The molecule has 11 nitrogen and oxygen atoms in total. The van der Waals surface area contributed by atoms with E-state index in [1.807, 2.05) is 0 Å². The van der Waals surface area contributed by atoms with E-state index in [1.165, 1.54) is 38.5 Å². The zero-order valence-electron chi connectivity index (χ0n) is 15.0. The van der Waals surface area contributed by atoms with Gasteiger partial charge in [-0.05, 0) is 17.7 Å². The van der Waals surface area contributed by atoms with Gasteiger partial charge in [0.25, 0.3) is 5.69 Å². The average Bonchev–Trinajstić information content (AvgIpc) is 2.95. The zero-order chi connectivity index (χ0) is 20.3. The summed E-state index contributed by atoms with van der Waals surface area (Å²) in [5.41, 5.74) is 3.54. The molecule has 3 rings (SSSR count). The Hall–Kier alpha value is -3.31.